The minimum atomic E-state index is -4.04. The second kappa shape index (κ2) is 7.47. The maximum atomic E-state index is 13.4. The van der Waals surface area contributed by atoms with Crippen molar-refractivity contribution in [1.82, 2.24) is 4.72 Å². The number of benzene rings is 3. The average molecular weight is 428 g/mol. The van der Waals surface area contributed by atoms with Crippen LogP contribution >= 0.6 is 11.6 Å². The lowest BCUT2D eigenvalue weighted by Gasteiger charge is -2.37. The standard InChI is InChI=1S/C23H22ClNO3S/c1-2-23(15-7-11-17-10-5-13-19(24)21(17)23)22(26)25-29(27,28)20-14-6-9-16-8-3-4-12-18(16)20/h3-6,8-10,12-14H,2,7,11,15H2,1H3,(H,25,26). The molecule has 29 heavy (non-hydrogen) atoms. The van der Waals surface area contributed by atoms with Crippen LogP contribution in [0.4, 0.5) is 0 Å². The molecule has 0 aromatic heterocycles. The Morgan fingerprint density at radius 1 is 1.07 bits per heavy atom. The van der Waals surface area contributed by atoms with Gasteiger partial charge in [-0.25, -0.2) is 13.1 Å². The normalized spacial score (nSPS) is 19.0. The average Bonchev–Trinajstić information content (AvgIpc) is 2.72. The zero-order valence-corrected chi connectivity index (χ0v) is 17.7. The SMILES string of the molecule is CCC1(C(=O)NS(=O)(=O)c2cccc3ccccc23)CCCc2cccc(Cl)c21. The van der Waals surface area contributed by atoms with Gasteiger partial charge in [0, 0.05) is 10.4 Å². The number of carbonyl (C=O) groups is 1. The third kappa shape index (κ3) is 3.32. The lowest BCUT2D eigenvalue weighted by molar-refractivity contribution is -0.125. The minimum absolute atomic E-state index is 0.102. The molecule has 4 nitrogen and oxygen atoms in total. The summed E-state index contributed by atoms with van der Waals surface area (Å²) in [5.41, 5.74) is 0.827. The number of nitrogens with one attached hydrogen (secondary N) is 1. The fourth-order valence-corrected chi connectivity index (χ4v) is 6.12. The number of aryl methyl sites for hydroxylation is 1. The van der Waals surface area contributed by atoms with Gasteiger partial charge in [-0.05, 0) is 54.3 Å². The second-order valence-corrected chi connectivity index (χ2v) is 9.53. The number of halogens is 1. The van der Waals surface area contributed by atoms with Gasteiger partial charge in [0.05, 0.1) is 10.3 Å². The van der Waals surface area contributed by atoms with Crippen molar-refractivity contribution in [2.75, 3.05) is 0 Å². The lowest BCUT2D eigenvalue weighted by Crippen LogP contribution is -2.48. The molecule has 0 heterocycles. The summed E-state index contributed by atoms with van der Waals surface area (Å²) >= 11 is 6.49. The Labute approximate surface area is 175 Å². The maximum absolute atomic E-state index is 13.4. The molecule has 1 atom stereocenters. The molecular weight excluding hydrogens is 406 g/mol. The van der Waals surface area contributed by atoms with Crippen LogP contribution in [0.3, 0.4) is 0 Å². The summed E-state index contributed by atoms with van der Waals surface area (Å²) in [6.45, 7) is 1.91. The van der Waals surface area contributed by atoms with Gasteiger partial charge in [0.2, 0.25) is 5.91 Å². The van der Waals surface area contributed by atoms with Gasteiger partial charge < -0.3 is 0 Å². The van der Waals surface area contributed by atoms with Gasteiger partial charge in [-0.15, -0.1) is 0 Å². The Hall–Kier alpha value is -2.37. The highest BCUT2D eigenvalue weighted by molar-refractivity contribution is 7.90. The third-order valence-electron chi connectivity index (χ3n) is 5.93. The predicted molar refractivity (Wildman–Crippen MR) is 116 cm³/mol. The monoisotopic (exact) mass is 427 g/mol. The molecule has 1 aliphatic carbocycles. The molecule has 6 heteroatoms. The summed E-state index contributed by atoms with van der Waals surface area (Å²) in [5.74, 6) is -0.512. The molecule has 0 aliphatic heterocycles. The van der Waals surface area contributed by atoms with Gasteiger partial charge in [-0.2, -0.15) is 0 Å². The quantitative estimate of drug-likeness (QED) is 0.638. The van der Waals surface area contributed by atoms with Crippen LogP contribution in [-0.4, -0.2) is 14.3 Å². The molecule has 0 saturated carbocycles. The van der Waals surface area contributed by atoms with Crippen LogP contribution in [0.15, 0.2) is 65.6 Å². The van der Waals surface area contributed by atoms with Crippen LogP contribution in [0, 0.1) is 0 Å². The van der Waals surface area contributed by atoms with Crippen LogP contribution in [0.2, 0.25) is 5.02 Å². The number of hydrogen-bond acceptors (Lipinski definition) is 3. The van der Waals surface area contributed by atoms with Crippen molar-refractivity contribution in [1.29, 1.82) is 0 Å². The highest BCUT2D eigenvalue weighted by Gasteiger charge is 2.44. The van der Waals surface area contributed by atoms with Gasteiger partial charge in [0.1, 0.15) is 0 Å². The highest BCUT2D eigenvalue weighted by atomic mass is 35.5. The molecule has 1 N–H and O–H groups in total. The van der Waals surface area contributed by atoms with Crippen molar-refractivity contribution < 1.29 is 13.2 Å². The van der Waals surface area contributed by atoms with Gasteiger partial charge >= 0.3 is 0 Å². The summed E-state index contributed by atoms with van der Waals surface area (Å²) in [4.78, 5) is 13.5. The molecule has 3 aromatic rings. The first kappa shape index (κ1) is 19.9. The molecular formula is C23H22ClNO3S. The number of sulfonamides is 1. The summed E-state index contributed by atoms with van der Waals surface area (Å²) < 4.78 is 28.7. The van der Waals surface area contributed by atoms with Crippen molar-refractivity contribution in [3.8, 4) is 0 Å². The van der Waals surface area contributed by atoms with E-state index in [-0.39, 0.29) is 4.90 Å². The Balaban J connectivity index is 1.78. The van der Waals surface area contributed by atoms with Crippen LogP contribution in [0.5, 0.6) is 0 Å². The molecule has 0 radical (unpaired) electrons. The third-order valence-corrected chi connectivity index (χ3v) is 7.64. The van der Waals surface area contributed by atoms with E-state index >= 15 is 0 Å². The van der Waals surface area contributed by atoms with Crippen molar-refractivity contribution in [3.63, 3.8) is 0 Å². The molecule has 1 amide bonds. The highest BCUT2D eigenvalue weighted by Crippen LogP contribution is 2.44. The summed E-state index contributed by atoms with van der Waals surface area (Å²) in [5, 5.41) is 1.91. The Bertz CT molecular complexity index is 1200. The van der Waals surface area contributed by atoms with Crippen LogP contribution in [0.25, 0.3) is 10.8 Å². The van der Waals surface area contributed by atoms with E-state index in [0.717, 1.165) is 29.4 Å². The number of rotatable bonds is 4. The molecule has 3 aromatic carbocycles. The van der Waals surface area contributed by atoms with Crippen LogP contribution < -0.4 is 4.72 Å². The first-order valence-electron chi connectivity index (χ1n) is 9.72. The van der Waals surface area contributed by atoms with Gasteiger partial charge in [0.25, 0.3) is 10.0 Å². The van der Waals surface area contributed by atoms with Gasteiger partial charge in [-0.1, -0.05) is 67.1 Å². The molecule has 150 valence electrons. The molecule has 0 bridgehead atoms. The largest absolute Gasteiger partial charge is 0.273 e. The predicted octanol–water partition coefficient (Wildman–Crippen LogP) is 4.98. The Morgan fingerprint density at radius 3 is 2.59 bits per heavy atom. The van der Waals surface area contributed by atoms with Gasteiger partial charge in [0.15, 0.2) is 0 Å². The van der Waals surface area contributed by atoms with E-state index in [4.69, 9.17) is 11.6 Å². The molecule has 0 spiro atoms. The van der Waals surface area contributed by atoms with E-state index in [1.807, 2.05) is 37.3 Å². The molecule has 1 unspecified atom stereocenters. The summed E-state index contributed by atoms with van der Waals surface area (Å²) in [6.07, 6.45) is 2.68. The number of hydrogen-bond donors (Lipinski definition) is 1. The smallest absolute Gasteiger partial charge is 0.264 e. The summed E-state index contributed by atoms with van der Waals surface area (Å²) in [7, 11) is -4.04. The first-order valence-corrected chi connectivity index (χ1v) is 11.6. The molecule has 4 rings (SSSR count). The van der Waals surface area contributed by atoms with E-state index in [1.165, 1.54) is 6.07 Å². The maximum Gasteiger partial charge on any atom is 0.264 e. The van der Waals surface area contributed by atoms with Crippen molar-refractivity contribution >= 4 is 38.3 Å². The number of carbonyl (C=O) groups excluding carboxylic acids is 1. The van der Waals surface area contributed by atoms with Crippen LogP contribution in [-0.2, 0) is 26.7 Å². The van der Waals surface area contributed by atoms with E-state index in [9.17, 15) is 13.2 Å². The molecule has 1 aliphatic rings. The van der Waals surface area contributed by atoms with Crippen molar-refractivity contribution in [2.24, 2.45) is 0 Å². The van der Waals surface area contributed by atoms with E-state index in [1.54, 1.807) is 24.3 Å². The van der Waals surface area contributed by atoms with E-state index in [0.29, 0.717) is 23.3 Å². The lowest BCUT2D eigenvalue weighted by atomic mass is 9.68. The first-order chi connectivity index (χ1) is 13.9. The topological polar surface area (TPSA) is 63.2 Å². The fraction of sp³-hybridized carbons (Fsp3) is 0.261. The zero-order chi connectivity index (χ0) is 20.6. The second-order valence-electron chi connectivity index (χ2n) is 7.48. The molecule has 0 fully saturated rings. The molecule has 0 saturated heterocycles. The number of fused-ring (bicyclic) bond motifs is 2. The van der Waals surface area contributed by atoms with Crippen LogP contribution in [0.1, 0.15) is 37.3 Å². The fourth-order valence-electron chi connectivity index (χ4n) is 4.46. The Morgan fingerprint density at radius 2 is 1.79 bits per heavy atom. The van der Waals surface area contributed by atoms with Crippen molar-refractivity contribution in [3.05, 3.63) is 76.8 Å². The number of amides is 1. The zero-order valence-electron chi connectivity index (χ0n) is 16.1. The van der Waals surface area contributed by atoms with E-state index in [2.05, 4.69) is 4.72 Å². The minimum Gasteiger partial charge on any atom is -0.273 e. The van der Waals surface area contributed by atoms with Crippen molar-refractivity contribution in [2.45, 2.75) is 42.9 Å². The summed E-state index contributed by atoms with van der Waals surface area (Å²) in [6, 6.07) is 17.9. The van der Waals surface area contributed by atoms with Gasteiger partial charge in [-0.3, -0.25) is 4.79 Å². The van der Waals surface area contributed by atoms with E-state index < -0.39 is 21.3 Å². The Kier molecular flexibility index (Phi) is 5.13.